The smallest absolute Gasteiger partial charge is 0.416 e. The van der Waals surface area contributed by atoms with Crippen LogP contribution in [0.25, 0.3) is 0 Å². The van der Waals surface area contributed by atoms with Crippen molar-refractivity contribution in [3.8, 4) is 5.88 Å². The van der Waals surface area contributed by atoms with Crippen molar-refractivity contribution in [1.82, 2.24) is 9.97 Å². The summed E-state index contributed by atoms with van der Waals surface area (Å²) in [6, 6.07) is 4.55. The molecule has 0 aliphatic rings. The fraction of sp³-hybridized carbons (Fsp3) is 0.231. The molecule has 0 unspecified atom stereocenters. The molecule has 0 aliphatic carbocycles. The second-order valence-corrected chi connectivity index (χ2v) is 4.15. The van der Waals surface area contributed by atoms with Crippen LogP contribution in [0.5, 0.6) is 5.88 Å². The molecule has 1 heterocycles. The van der Waals surface area contributed by atoms with Gasteiger partial charge in [-0.2, -0.15) is 22.5 Å². The van der Waals surface area contributed by atoms with Gasteiger partial charge in [-0.15, -0.1) is 0 Å². The van der Waals surface area contributed by atoms with Crippen LogP contribution in [0.4, 0.5) is 17.6 Å². The molecular weight excluding hydrogens is 292 g/mol. The monoisotopic (exact) mass is 302 g/mol. The summed E-state index contributed by atoms with van der Waals surface area (Å²) >= 11 is 0. The van der Waals surface area contributed by atoms with E-state index in [-0.39, 0.29) is 13.0 Å². The summed E-state index contributed by atoms with van der Waals surface area (Å²) in [6.07, 6.45) is -3.30. The van der Waals surface area contributed by atoms with Crippen molar-refractivity contribution >= 4 is 0 Å². The van der Waals surface area contributed by atoms with Gasteiger partial charge in [-0.1, -0.05) is 12.1 Å². The summed E-state index contributed by atoms with van der Waals surface area (Å²) in [5.74, 6) is -1.26. The molecule has 0 saturated heterocycles. The van der Waals surface area contributed by atoms with Crippen LogP contribution in [0.1, 0.15) is 11.1 Å². The van der Waals surface area contributed by atoms with Gasteiger partial charge in [-0.25, -0.2) is 4.79 Å². The van der Waals surface area contributed by atoms with Gasteiger partial charge in [-0.3, -0.25) is 0 Å². The minimum atomic E-state index is -4.38. The van der Waals surface area contributed by atoms with E-state index in [9.17, 15) is 22.4 Å². The second kappa shape index (κ2) is 5.94. The molecule has 0 amide bonds. The third-order valence-electron chi connectivity index (χ3n) is 2.64. The van der Waals surface area contributed by atoms with Gasteiger partial charge < -0.3 is 9.72 Å². The summed E-state index contributed by atoms with van der Waals surface area (Å²) in [4.78, 5) is 16.2. The molecule has 4 nitrogen and oxygen atoms in total. The van der Waals surface area contributed by atoms with Crippen molar-refractivity contribution in [3.05, 3.63) is 57.9 Å². The number of ether oxygens (including phenoxy) is 1. The van der Waals surface area contributed by atoms with Crippen molar-refractivity contribution in [2.24, 2.45) is 0 Å². The van der Waals surface area contributed by atoms with Crippen LogP contribution < -0.4 is 10.4 Å². The van der Waals surface area contributed by atoms with Gasteiger partial charge in [0.25, 0.3) is 5.88 Å². The van der Waals surface area contributed by atoms with Crippen LogP contribution in [0.3, 0.4) is 0 Å². The Morgan fingerprint density at radius 3 is 2.48 bits per heavy atom. The Balaban J connectivity index is 1.94. The maximum atomic E-state index is 13.2. The summed E-state index contributed by atoms with van der Waals surface area (Å²) < 4.78 is 55.3. The molecule has 0 spiro atoms. The number of nitrogens with zero attached hydrogens (tertiary/aromatic N) is 1. The van der Waals surface area contributed by atoms with E-state index in [0.717, 1.165) is 18.3 Å². The molecule has 8 heteroatoms. The molecule has 1 aromatic heterocycles. The number of H-pyrrole nitrogens is 1. The van der Waals surface area contributed by atoms with Crippen molar-refractivity contribution < 1.29 is 22.3 Å². The summed E-state index contributed by atoms with van der Waals surface area (Å²) in [5, 5.41) is 0. The molecule has 21 heavy (non-hydrogen) atoms. The number of benzene rings is 1. The molecular formula is C13H10F4N2O2. The first-order chi connectivity index (χ1) is 9.86. The van der Waals surface area contributed by atoms with Gasteiger partial charge in [0.15, 0.2) is 0 Å². The van der Waals surface area contributed by atoms with E-state index in [1.165, 1.54) is 12.1 Å². The van der Waals surface area contributed by atoms with E-state index in [1.807, 2.05) is 4.98 Å². The Kier molecular flexibility index (Phi) is 4.25. The predicted octanol–water partition coefficient (Wildman–Crippen LogP) is 2.55. The van der Waals surface area contributed by atoms with E-state index in [2.05, 4.69) is 4.98 Å². The number of halogens is 4. The highest BCUT2D eigenvalue weighted by Gasteiger charge is 2.29. The molecule has 0 aliphatic heterocycles. The highest BCUT2D eigenvalue weighted by Crippen LogP contribution is 2.29. The minimum Gasteiger partial charge on any atom is -0.475 e. The maximum Gasteiger partial charge on any atom is 0.416 e. The first-order valence-electron chi connectivity index (χ1n) is 5.90. The molecule has 0 bridgehead atoms. The lowest BCUT2D eigenvalue weighted by atomic mass is 10.1. The zero-order chi connectivity index (χ0) is 15.5. The van der Waals surface area contributed by atoms with Gasteiger partial charge >= 0.3 is 11.9 Å². The highest BCUT2D eigenvalue weighted by atomic mass is 19.4. The highest BCUT2D eigenvalue weighted by molar-refractivity contribution is 5.24. The fourth-order valence-electron chi connectivity index (χ4n) is 1.59. The van der Waals surface area contributed by atoms with Crippen molar-refractivity contribution in [3.63, 3.8) is 0 Å². The van der Waals surface area contributed by atoms with E-state index >= 15 is 0 Å². The first kappa shape index (κ1) is 15.0. The largest absolute Gasteiger partial charge is 0.475 e. The molecule has 0 radical (unpaired) electrons. The van der Waals surface area contributed by atoms with Crippen LogP contribution in [-0.4, -0.2) is 16.6 Å². The Morgan fingerprint density at radius 2 is 1.86 bits per heavy atom. The summed E-state index contributed by atoms with van der Waals surface area (Å²) in [5.41, 5.74) is -0.899. The van der Waals surface area contributed by atoms with Crippen molar-refractivity contribution in [1.29, 1.82) is 0 Å². The lowest BCUT2D eigenvalue weighted by Gasteiger charge is -2.08. The predicted molar refractivity (Wildman–Crippen MR) is 65.5 cm³/mol. The number of rotatable bonds is 4. The quantitative estimate of drug-likeness (QED) is 0.883. The number of aromatic nitrogens is 2. The Bertz CT molecular complexity index is 665. The van der Waals surface area contributed by atoms with E-state index < -0.39 is 29.1 Å². The molecule has 1 N–H and O–H groups in total. The number of aromatic amines is 1. The van der Waals surface area contributed by atoms with Gasteiger partial charge in [-0.05, 0) is 17.7 Å². The fourth-order valence-corrected chi connectivity index (χ4v) is 1.59. The van der Waals surface area contributed by atoms with Crippen LogP contribution in [0, 0.1) is 5.82 Å². The zero-order valence-electron chi connectivity index (χ0n) is 10.6. The molecule has 2 rings (SSSR count). The molecule has 2 aromatic rings. The van der Waals surface area contributed by atoms with Crippen molar-refractivity contribution in [2.45, 2.75) is 12.6 Å². The Hall–Kier alpha value is -2.38. The topological polar surface area (TPSA) is 55.0 Å². The van der Waals surface area contributed by atoms with Crippen molar-refractivity contribution in [2.75, 3.05) is 6.61 Å². The van der Waals surface area contributed by atoms with Gasteiger partial charge in [0.1, 0.15) is 0 Å². The summed E-state index contributed by atoms with van der Waals surface area (Å²) in [7, 11) is 0. The van der Waals surface area contributed by atoms with Crippen LogP contribution in [0.15, 0.2) is 35.3 Å². The lowest BCUT2D eigenvalue weighted by Crippen LogP contribution is -2.14. The minimum absolute atomic E-state index is 0.0151. The number of hydrogen-bond donors (Lipinski definition) is 1. The Morgan fingerprint density at radius 1 is 1.19 bits per heavy atom. The third-order valence-corrected chi connectivity index (χ3v) is 2.64. The molecule has 0 fully saturated rings. The standard InChI is InChI=1S/C13H10F4N2O2/c14-10-7-18-12(20)19-11(10)21-6-5-8-1-3-9(4-2-8)13(15,16)17/h1-4,7H,5-6H2,(H,18,19,20). The van der Waals surface area contributed by atoms with Crippen LogP contribution in [-0.2, 0) is 12.6 Å². The van der Waals surface area contributed by atoms with E-state index in [0.29, 0.717) is 5.56 Å². The molecule has 0 atom stereocenters. The van der Waals surface area contributed by atoms with Gasteiger partial charge in [0, 0.05) is 12.6 Å². The maximum absolute atomic E-state index is 13.2. The zero-order valence-corrected chi connectivity index (χ0v) is 10.6. The van der Waals surface area contributed by atoms with Gasteiger partial charge in [0.2, 0.25) is 5.82 Å². The average molecular weight is 302 g/mol. The molecule has 1 aromatic carbocycles. The SMILES string of the molecule is O=c1nc(OCCc2ccc(C(F)(F)F)cc2)c(F)c[nH]1. The second-order valence-electron chi connectivity index (χ2n) is 4.15. The normalized spacial score (nSPS) is 11.4. The van der Waals surface area contributed by atoms with E-state index in [1.54, 1.807) is 0 Å². The number of nitrogens with one attached hydrogen (secondary N) is 1. The van der Waals surface area contributed by atoms with E-state index in [4.69, 9.17) is 4.74 Å². The number of alkyl halides is 3. The summed E-state index contributed by atoms with van der Waals surface area (Å²) in [6.45, 7) is -0.0151. The lowest BCUT2D eigenvalue weighted by molar-refractivity contribution is -0.137. The van der Waals surface area contributed by atoms with Gasteiger partial charge in [0.05, 0.1) is 12.2 Å². The molecule has 112 valence electrons. The van der Waals surface area contributed by atoms with Crippen LogP contribution >= 0.6 is 0 Å². The third kappa shape index (κ3) is 4.04. The number of hydrogen-bond acceptors (Lipinski definition) is 3. The Labute approximate surface area is 116 Å². The first-order valence-corrected chi connectivity index (χ1v) is 5.90. The molecule has 0 saturated carbocycles. The average Bonchev–Trinajstić information content (AvgIpc) is 2.42. The van der Waals surface area contributed by atoms with Crippen LogP contribution in [0.2, 0.25) is 0 Å².